The van der Waals surface area contributed by atoms with Crippen molar-refractivity contribution in [2.45, 2.75) is 19.0 Å². The maximum Gasteiger partial charge on any atom is 0.225 e. The lowest BCUT2D eigenvalue weighted by molar-refractivity contribution is -0.134. The van der Waals surface area contributed by atoms with Crippen LogP contribution in [0.4, 0.5) is 4.39 Å². The van der Waals surface area contributed by atoms with Gasteiger partial charge < -0.3 is 10.2 Å². The van der Waals surface area contributed by atoms with Crippen molar-refractivity contribution >= 4 is 5.91 Å². The van der Waals surface area contributed by atoms with Crippen LogP contribution in [-0.4, -0.2) is 45.2 Å². The van der Waals surface area contributed by atoms with Gasteiger partial charge in [0, 0.05) is 26.1 Å². The fourth-order valence-electron chi connectivity index (χ4n) is 2.72. The van der Waals surface area contributed by atoms with E-state index in [0.717, 1.165) is 12.1 Å². The number of rotatable bonds is 4. The van der Waals surface area contributed by atoms with Crippen LogP contribution in [-0.2, 0) is 11.3 Å². The third-order valence-corrected chi connectivity index (χ3v) is 3.82. The van der Waals surface area contributed by atoms with Gasteiger partial charge in [0.2, 0.25) is 5.91 Å². The molecule has 1 N–H and O–H groups in total. The molecule has 0 spiro atoms. The Morgan fingerprint density at radius 2 is 2.36 bits per heavy atom. The average Bonchev–Trinajstić information content (AvgIpc) is 3.06. The quantitative estimate of drug-likeness (QED) is 0.914. The largest absolute Gasteiger partial charge is 0.333 e. The minimum atomic E-state index is -0.280. The summed E-state index contributed by atoms with van der Waals surface area (Å²) in [5, 5.41) is 7.26. The molecule has 2 heterocycles. The molecular formula is C15H18FN5O. The Balaban J connectivity index is 1.70. The Morgan fingerprint density at radius 1 is 1.45 bits per heavy atom. The van der Waals surface area contributed by atoms with Crippen LogP contribution in [0.1, 0.15) is 18.0 Å². The van der Waals surface area contributed by atoms with E-state index in [9.17, 15) is 9.18 Å². The van der Waals surface area contributed by atoms with Gasteiger partial charge in [-0.05, 0) is 17.7 Å². The predicted molar refractivity (Wildman–Crippen MR) is 78.4 cm³/mol. The number of hydrogen-bond acceptors (Lipinski definition) is 4. The number of aromatic nitrogens is 3. The van der Waals surface area contributed by atoms with Crippen molar-refractivity contribution in [1.82, 2.24) is 25.0 Å². The zero-order valence-corrected chi connectivity index (χ0v) is 12.2. The molecule has 2 aromatic rings. The van der Waals surface area contributed by atoms with Crippen molar-refractivity contribution in [3.05, 3.63) is 48.3 Å². The smallest absolute Gasteiger partial charge is 0.225 e. The van der Waals surface area contributed by atoms with Gasteiger partial charge in [0.05, 0.1) is 12.6 Å². The summed E-state index contributed by atoms with van der Waals surface area (Å²) >= 11 is 0. The van der Waals surface area contributed by atoms with Crippen molar-refractivity contribution in [3.8, 4) is 0 Å². The van der Waals surface area contributed by atoms with Crippen molar-refractivity contribution in [1.29, 1.82) is 0 Å². The minimum absolute atomic E-state index is 0.0475. The Kier molecular flexibility index (Phi) is 4.43. The lowest BCUT2D eigenvalue weighted by atomic mass is 10.0. The Labute approximate surface area is 128 Å². The number of piperazine rings is 1. The Bertz CT molecular complexity index is 631. The highest BCUT2D eigenvalue weighted by molar-refractivity contribution is 5.76. The molecule has 6 nitrogen and oxygen atoms in total. The molecule has 1 aromatic heterocycles. The molecule has 1 saturated heterocycles. The first-order valence-electron chi connectivity index (χ1n) is 7.32. The highest BCUT2D eigenvalue weighted by atomic mass is 19.1. The molecule has 0 bridgehead atoms. The molecule has 0 saturated carbocycles. The lowest BCUT2D eigenvalue weighted by Crippen LogP contribution is -2.48. The fraction of sp³-hybridized carbons (Fsp3) is 0.400. The number of amides is 1. The highest BCUT2D eigenvalue weighted by Crippen LogP contribution is 2.23. The summed E-state index contributed by atoms with van der Waals surface area (Å²) in [6, 6.07) is 6.31. The lowest BCUT2D eigenvalue weighted by Gasteiger charge is -2.36. The first kappa shape index (κ1) is 14.6. The van der Waals surface area contributed by atoms with Gasteiger partial charge >= 0.3 is 0 Å². The van der Waals surface area contributed by atoms with E-state index in [1.165, 1.54) is 18.5 Å². The average molecular weight is 303 g/mol. The summed E-state index contributed by atoms with van der Waals surface area (Å²) in [5.41, 5.74) is 0.821. The van der Waals surface area contributed by atoms with Crippen LogP contribution in [0, 0.1) is 5.82 Å². The first-order chi connectivity index (χ1) is 10.7. The maximum atomic E-state index is 13.4. The Hall–Kier alpha value is -2.28. The zero-order valence-electron chi connectivity index (χ0n) is 12.2. The molecule has 1 amide bonds. The van der Waals surface area contributed by atoms with E-state index in [1.807, 2.05) is 11.0 Å². The number of nitrogens with zero attached hydrogens (tertiary/aromatic N) is 4. The molecule has 1 atom stereocenters. The summed E-state index contributed by atoms with van der Waals surface area (Å²) in [6.45, 7) is 2.51. The van der Waals surface area contributed by atoms with Crippen LogP contribution in [0.5, 0.6) is 0 Å². The third-order valence-electron chi connectivity index (χ3n) is 3.82. The topological polar surface area (TPSA) is 63.1 Å². The summed E-state index contributed by atoms with van der Waals surface area (Å²) in [4.78, 5) is 18.2. The van der Waals surface area contributed by atoms with Crippen LogP contribution >= 0.6 is 0 Å². The molecular weight excluding hydrogens is 285 g/mol. The summed E-state index contributed by atoms with van der Waals surface area (Å²) in [7, 11) is 0. The van der Waals surface area contributed by atoms with Crippen LogP contribution in [0.25, 0.3) is 0 Å². The van der Waals surface area contributed by atoms with E-state index >= 15 is 0 Å². The predicted octanol–water partition coefficient (Wildman–Crippen LogP) is 0.980. The van der Waals surface area contributed by atoms with Gasteiger partial charge in [-0.1, -0.05) is 12.1 Å². The van der Waals surface area contributed by atoms with Gasteiger partial charge in [-0.25, -0.2) is 9.37 Å². The molecule has 116 valence electrons. The molecule has 3 rings (SSSR count). The molecule has 1 fully saturated rings. The number of aryl methyl sites for hydroxylation is 1. The number of halogens is 1. The van der Waals surface area contributed by atoms with Gasteiger partial charge in [0.15, 0.2) is 0 Å². The second-order valence-corrected chi connectivity index (χ2v) is 5.27. The van der Waals surface area contributed by atoms with E-state index in [2.05, 4.69) is 15.4 Å². The molecule has 22 heavy (non-hydrogen) atoms. The number of benzene rings is 1. The molecule has 0 aliphatic carbocycles. The number of nitrogens with one attached hydrogen (secondary N) is 1. The van der Waals surface area contributed by atoms with Crippen molar-refractivity contribution < 1.29 is 9.18 Å². The van der Waals surface area contributed by atoms with Crippen LogP contribution < -0.4 is 5.32 Å². The molecule has 1 aliphatic rings. The van der Waals surface area contributed by atoms with E-state index < -0.39 is 0 Å². The first-order valence-corrected chi connectivity index (χ1v) is 7.32. The summed E-state index contributed by atoms with van der Waals surface area (Å²) in [5.74, 6) is -0.232. The summed E-state index contributed by atoms with van der Waals surface area (Å²) in [6.07, 6.45) is 3.40. The van der Waals surface area contributed by atoms with Gasteiger partial charge in [0.1, 0.15) is 18.5 Å². The van der Waals surface area contributed by atoms with E-state index in [1.54, 1.807) is 17.1 Å². The molecule has 1 unspecified atom stereocenters. The number of hydrogen-bond donors (Lipinski definition) is 1. The van der Waals surface area contributed by atoms with E-state index in [-0.39, 0.29) is 17.8 Å². The molecule has 1 aliphatic heterocycles. The molecule has 0 radical (unpaired) electrons. The second-order valence-electron chi connectivity index (χ2n) is 5.27. The number of carbonyl (C=O) groups excluding carboxylic acids is 1. The second kappa shape index (κ2) is 6.65. The minimum Gasteiger partial charge on any atom is -0.333 e. The monoisotopic (exact) mass is 303 g/mol. The van der Waals surface area contributed by atoms with Crippen LogP contribution in [0.3, 0.4) is 0 Å². The maximum absolute atomic E-state index is 13.4. The van der Waals surface area contributed by atoms with Crippen LogP contribution in [0.15, 0.2) is 36.9 Å². The van der Waals surface area contributed by atoms with Gasteiger partial charge in [0.25, 0.3) is 0 Å². The molecule has 7 heteroatoms. The normalized spacial score (nSPS) is 18.4. The van der Waals surface area contributed by atoms with E-state index in [4.69, 9.17) is 0 Å². The summed E-state index contributed by atoms with van der Waals surface area (Å²) < 4.78 is 15.1. The van der Waals surface area contributed by atoms with Crippen molar-refractivity contribution in [3.63, 3.8) is 0 Å². The fourth-order valence-corrected chi connectivity index (χ4v) is 2.72. The van der Waals surface area contributed by atoms with Crippen molar-refractivity contribution in [2.75, 3.05) is 19.6 Å². The molecule has 1 aromatic carbocycles. The standard InChI is InChI=1S/C15H18FN5O/c16-13-3-1-2-12(8-13)14-9-17-5-7-21(14)15(22)4-6-20-11-18-10-19-20/h1-3,8,10-11,14,17H,4-7,9H2. The SMILES string of the molecule is O=C(CCn1cncn1)N1CCNCC1c1cccc(F)c1. The van der Waals surface area contributed by atoms with Gasteiger partial charge in [-0.3, -0.25) is 9.48 Å². The van der Waals surface area contributed by atoms with Gasteiger partial charge in [-0.15, -0.1) is 0 Å². The Morgan fingerprint density at radius 3 is 3.14 bits per heavy atom. The number of carbonyl (C=O) groups is 1. The third kappa shape index (κ3) is 3.30. The highest BCUT2D eigenvalue weighted by Gasteiger charge is 2.27. The zero-order chi connectivity index (χ0) is 15.4. The van der Waals surface area contributed by atoms with Crippen LogP contribution in [0.2, 0.25) is 0 Å². The van der Waals surface area contributed by atoms with Crippen molar-refractivity contribution in [2.24, 2.45) is 0 Å². The van der Waals surface area contributed by atoms with Gasteiger partial charge in [-0.2, -0.15) is 5.10 Å². The van der Waals surface area contributed by atoms with E-state index in [0.29, 0.717) is 26.1 Å².